The maximum absolute atomic E-state index is 6.13. The quantitative estimate of drug-likeness (QED) is 0.910. The van der Waals surface area contributed by atoms with Crippen LogP contribution in [-0.4, -0.2) is 0 Å². The Morgan fingerprint density at radius 2 is 1.70 bits per heavy atom. The third kappa shape index (κ3) is 3.33. The van der Waals surface area contributed by atoms with Gasteiger partial charge in [-0.05, 0) is 55.2 Å². The summed E-state index contributed by atoms with van der Waals surface area (Å²) in [7, 11) is 0. The van der Waals surface area contributed by atoms with Gasteiger partial charge in [-0.15, -0.1) is 0 Å². The van der Waals surface area contributed by atoms with Crippen molar-refractivity contribution in [2.75, 3.05) is 0 Å². The van der Waals surface area contributed by atoms with Crippen molar-refractivity contribution >= 4 is 11.6 Å². The van der Waals surface area contributed by atoms with Gasteiger partial charge in [-0.1, -0.05) is 35.4 Å². The summed E-state index contributed by atoms with van der Waals surface area (Å²) in [6.45, 7) is 7.33. The molecule has 2 aromatic rings. The summed E-state index contributed by atoms with van der Waals surface area (Å²) >= 11 is 6.13. The third-order valence-electron chi connectivity index (χ3n) is 3.47. The fourth-order valence-electron chi connectivity index (χ4n) is 2.38. The van der Waals surface area contributed by atoms with Gasteiger partial charge >= 0.3 is 0 Å². The summed E-state index contributed by atoms with van der Waals surface area (Å²) in [6.07, 6.45) is 0. The molecule has 0 aliphatic rings. The second kappa shape index (κ2) is 6.29. The fraction of sp³-hybridized carbons (Fsp3) is 0.294. The summed E-state index contributed by atoms with van der Waals surface area (Å²) in [5.41, 5.74) is 11.5. The molecule has 0 aliphatic heterocycles. The molecule has 106 valence electrons. The minimum absolute atomic E-state index is 0.440. The average Bonchev–Trinajstić information content (AvgIpc) is 2.37. The van der Waals surface area contributed by atoms with Crippen molar-refractivity contribution in [3.63, 3.8) is 0 Å². The molecule has 0 saturated heterocycles. The minimum Gasteiger partial charge on any atom is -0.489 e. The van der Waals surface area contributed by atoms with Gasteiger partial charge in [0.2, 0.25) is 0 Å². The van der Waals surface area contributed by atoms with Gasteiger partial charge < -0.3 is 10.5 Å². The largest absolute Gasteiger partial charge is 0.489 e. The monoisotopic (exact) mass is 289 g/mol. The molecule has 2 nitrogen and oxygen atoms in total. The molecule has 0 fully saturated rings. The highest BCUT2D eigenvalue weighted by atomic mass is 35.5. The van der Waals surface area contributed by atoms with Crippen LogP contribution in [0.1, 0.15) is 27.8 Å². The summed E-state index contributed by atoms with van der Waals surface area (Å²) in [5, 5.41) is 0.655. The molecule has 0 radical (unpaired) electrons. The Kier molecular flexibility index (Phi) is 4.69. The van der Waals surface area contributed by atoms with Crippen LogP contribution in [0.2, 0.25) is 5.02 Å². The van der Waals surface area contributed by atoms with E-state index < -0.39 is 0 Å². The topological polar surface area (TPSA) is 35.2 Å². The first-order valence-electron chi connectivity index (χ1n) is 6.69. The Morgan fingerprint density at radius 3 is 2.25 bits per heavy atom. The van der Waals surface area contributed by atoms with E-state index in [1.165, 1.54) is 22.3 Å². The van der Waals surface area contributed by atoms with Gasteiger partial charge in [0, 0.05) is 11.6 Å². The van der Waals surface area contributed by atoms with E-state index in [-0.39, 0.29) is 0 Å². The zero-order valence-electron chi connectivity index (χ0n) is 12.2. The van der Waals surface area contributed by atoms with E-state index in [0.29, 0.717) is 18.2 Å². The number of hydrogen-bond acceptors (Lipinski definition) is 2. The van der Waals surface area contributed by atoms with E-state index in [4.69, 9.17) is 22.1 Å². The van der Waals surface area contributed by atoms with E-state index in [2.05, 4.69) is 32.9 Å². The molecule has 2 aromatic carbocycles. The average molecular weight is 290 g/mol. The van der Waals surface area contributed by atoms with E-state index in [1.54, 1.807) is 0 Å². The van der Waals surface area contributed by atoms with Crippen molar-refractivity contribution in [2.24, 2.45) is 5.73 Å². The molecule has 3 heteroatoms. The van der Waals surface area contributed by atoms with Gasteiger partial charge in [-0.25, -0.2) is 0 Å². The van der Waals surface area contributed by atoms with Gasteiger partial charge in [0.15, 0.2) is 0 Å². The molecule has 2 rings (SSSR count). The zero-order valence-corrected chi connectivity index (χ0v) is 12.9. The second-order valence-electron chi connectivity index (χ2n) is 5.12. The van der Waals surface area contributed by atoms with Crippen LogP contribution in [0.3, 0.4) is 0 Å². The summed E-state index contributed by atoms with van der Waals surface area (Å²) in [4.78, 5) is 0. The van der Waals surface area contributed by atoms with E-state index in [9.17, 15) is 0 Å². The standard InChI is InChI=1S/C17H20ClNO/c1-11-6-12(2)16(13(3)7-11)10-20-15-5-4-14(9-19)17(18)8-15/h4-8H,9-10,19H2,1-3H3. The molecular weight excluding hydrogens is 270 g/mol. The fourth-order valence-corrected chi connectivity index (χ4v) is 2.62. The highest BCUT2D eigenvalue weighted by molar-refractivity contribution is 6.31. The summed E-state index contributed by atoms with van der Waals surface area (Å²) < 4.78 is 5.85. The highest BCUT2D eigenvalue weighted by Crippen LogP contribution is 2.24. The van der Waals surface area contributed by atoms with Crippen molar-refractivity contribution in [1.29, 1.82) is 0 Å². The Morgan fingerprint density at radius 1 is 1.05 bits per heavy atom. The molecule has 0 aliphatic carbocycles. The Balaban J connectivity index is 2.15. The first-order chi connectivity index (χ1) is 9.51. The maximum Gasteiger partial charge on any atom is 0.121 e. The van der Waals surface area contributed by atoms with Gasteiger partial charge in [-0.2, -0.15) is 0 Å². The molecule has 2 N–H and O–H groups in total. The number of halogens is 1. The lowest BCUT2D eigenvalue weighted by atomic mass is 10.0. The lowest BCUT2D eigenvalue weighted by Crippen LogP contribution is -2.02. The SMILES string of the molecule is Cc1cc(C)c(COc2ccc(CN)c(Cl)c2)c(C)c1. The number of ether oxygens (including phenoxy) is 1. The van der Waals surface area contributed by atoms with Crippen molar-refractivity contribution < 1.29 is 4.74 Å². The molecule has 0 atom stereocenters. The Hall–Kier alpha value is -1.51. The second-order valence-corrected chi connectivity index (χ2v) is 5.53. The van der Waals surface area contributed by atoms with Gasteiger partial charge in [0.25, 0.3) is 0 Å². The molecule has 0 aromatic heterocycles. The molecule has 0 amide bonds. The molecule has 0 heterocycles. The Bertz CT molecular complexity index is 599. The molecule has 20 heavy (non-hydrogen) atoms. The molecule has 0 unspecified atom stereocenters. The van der Waals surface area contributed by atoms with Gasteiger partial charge in [0.1, 0.15) is 12.4 Å². The lowest BCUT2D eigenvalue weighted by Gasteiger charge is -2.13. The maximum atomic E-state index is 6.13. The van der Waals surface area contributed by atoms with Gasteiger partial charge in [0.05, 0.1) is 0 Å². The third-order valence-corrected chi connectivity index (χ3v) is 3.82. The molecule has 0 bridgehead atoms. The van der Waals surface area contributed by atoms with Gasteiger partial charge in [-0.3, -0.25) is 0 Å². The van der Waals surface area contributed by atoms with E-state index in [0.717, 1.165) is 11.3 Å². The predicted octanol–water partition coefficient (Wildman–Crippen LogP) is 4.30. The number of hydrogen-bond donors (Lipinski definition) is 1. The predicted molar refractivity (Wildman–Crippen MR) is 84.3 cm³/mol. The highest BCUT2D eigenvalue weighted by Gasteiger charge is 2.06. The molecule has 0 spiro atoms. The van der Waals surface area contributed by atoms with Crippen molar-refractivity contribution in [2.45, 2.75) is 33.9 Å². The lowest BCUT2D eigenvalue weighted by molar-refractivity contribution is 0.304. The van der Waals surface area contributed by atoms with Crippen molar-refractivity contribution in [3.8, 4) is 5.75 Å². The van der Waals surface area contributed by atoms with Crippen LogP contribution in [0.4, 0.5) is 0 Å². The van der Waals surface area contributed by atoms with E-state index in [1.807, 2.05) is 18.2 Å². The van der Waals surface area contributed by atoms with Crippen LogP contribution >= 0.6 is 11.6 Å². The van der Waals surface area contributed by atoms with Crippen LogP contribution in [0.25, 0.3) is 0 Å². The first-order valence-corrected chi connectivity index (χ1v) is 7.07. The summed E-state index contributed by atoms with van der Waals surface area (Å²) in [6, 6.07) is 9.99. The van der Waals surface area contributed by atoms with E-state index >= 15 is 0 Å². The molecule has 0 saturated carbocycles. The molecular formula is C17H20ClNO. The van der Waals surface area contributed by atoms with Crippen LogP contribution < -0.4 is 10.5 Å². The smallest absolute Gasteiger partial charge is 0.121 e. The minimum atomic E-state index is 0.440. The summed E-state index contributed by atoms with van der Waals surface area (Å²) in [5.74, 6) is 0.770. The van der Waals surface area contributed by atoms with Crippen LogP contribution in [-0.2, 0) is 13.2 Å². The first kappa shape index (κ1) is 14.9. The Labute approximate surface area is 125 Å². The van der Waals surface area contributed by atoms with Crippen LogP contribution in [0.5, 0.6) is 5.75 Å². The van der Waals surface area contributed by atoms with Crippen LogP contribution in [0, 0.1) is 20.8 Å². The zero-order chi connectivity index (χ0) is 14.7. The van der Waals surface area contributed by atoms with Crippen molar-refractivity contribution in [3.05, 3.63) is 63.2 Å². The van der Waals surface area contributed by atoms with Crippen molar-refractivity contribution in [1.82, 2.24) is 0 Å². The normalized spacial score (nSPS) is 10.7. The number of rotatable bonds is 4. The van der Waals surface area contributed by atoms with Crippen LogP contribution in [0.15, 0.2) is 30.3 Å². The number of benzene rings is 2. The number of nitrogens with two attached hydrogens (primary N) is 1. The number of aryl methyl sites for hydroxylation is 3.